The van der Waals surface area contributed by atoms with Gasteiger partial charge in [-0.15, -0.1) is 0 Å². The Morgan fingerprint density at radius 3 is 2.73 bits per heavy atom. The Balaban J connectivity index is 2.17. The van der Waals surface area contributed by atoms with E-state index >= 15 is 0 Å². The van der Waals surface area contributed by atoms with E-state index in [9.17, 15) is 15.0 Å². The van der Waals surface area contributed by atoms with Crippen LogP contribution >= 0.6 is 0 Å². The Kier molecular flexibility index (Phi) is 3.63. The summed E-state index contributed by atoms with van der Waals surface area (Å²) in [4.78, 5) is 12.4. The van der Waals surface area contributed by atoms with E-state index in [-0.39, 0.29) is 27.9 Å². The van der Waals surface area contributed by atoms with Gasteiger partial charge in [-0.05, 0) is 18.6 Å². The zero-order valence-electron chi connectivity index (χ0n) is 12.1. The molecule has 1 heterocycles. The van der Waals surface area contributed by atoms with Crippen molar-refractivity contribution in [1.29, 1.82) is 0 Å². The lowest BCUT2D eigenvalue weighted by Crippen LogP contribution is -2.03. The van der Waals surface area contributed by atoms with Gasteiger partial charge in [0.05, 0.1) is 12.0 Å². The summed E-state index contributed by atoms with van der Waals surface area (Å²) < 4.78 is 11.2. The van der Waals surface area contributed by atoms with Gasteiger partial charge >= 0.3 is 0 Å². The van der Waals surface area contributed by atoms with Crippen LogP contribution in [0.1, 0.15) is 19.8 Å². The molecule has 0 bridgehead atoms. The SMILES string of the molecule is CCCCOc1ccc2c(=O)c3c(O)cc(O)cc3oc2c1. The zero-order valence-corrected chi connectivity index (χ0v) is 12.1. The average molecular weight is 300 g/mol. The highest BCUT2D eigenvalue weighted by Crippen LogP contribution is 2.30. The Labute approximate surface area is 126 Å². The number of fused-ring (bicyclic) bond motifs is 2. The third kappa shape index (κ3) is 2.45. The van der Waals surface area contributed by atoms with Crippen molar-refractivity contribution in [3.05, 3.63) is 40.6 Å². The molecule has 0 aliphatic rings. The number of unbranched alkanes of at least 4 members (excludes halogenated alkanes) is 1. The molecule has 2 aromatic carbocycles. The Bertz CT molecular complexity index is 895. The summed E-state index contributed by atoms with van der Waals surface area (Å²) in [5.74, 6) is 0.157. The van der Waals surface area contributed by atoms with Gasteiger partial charge in [-0.25, -0.2) is 0 Å². The first-order chi connectivity index (χ1) is 10.6. The first-order valence-corrected chi connectivity index (χ1v) is 7.15. The average Bonchev–Trinajstić information content (AvgIpc) is 2.46. The standard InChI is InChI=1S/C17H16O5/c1-2-3-6-21-11-4-5-12-14(9-11)22-15-8-10(18)7-13(19)16(15)17(12)20/h4-5,7-9,18-19H,2-3,6H2,1H3. The van der Waals surface area contributed by atoms with Crippen molar-refractivity contribution < 1.29 is 19.4 Å². The molecule has 5 nitrogen and oxygen atoms in total. The first kappa shape index (κ1) is 14.3. The number of phenolic OH excluding ortho intramolecular Hbond substituents is 2. The summed E-state index contributed by atoms with van der Waals surface area (Å²) in [5.41, 5.74) is 0.158. The van der Waals surface area contributed by atoms with Crippen LogP contribution < -0.4 is 10.2 Å². The van der Waals surface area contributed by atoms with E-state index < -0.39 is 0 Å². The lowest BCUT2D eigenvalue weighted by Gasteiger charge is -2.07. The lowest BCUT2D eigenvalue weighted by atomic mass is 10.1. The van der Waals surface area contributed by atoms with Gasteiger partial charge in [0.2, 0.25) is 5.43 Å². The number of phenols is 2. The van der Waals surface area contributed by atoms with Crippen LogP contribution in [0.3, 0.4) is 0 Å². The van der Waals surface area contributed by atoms with Crippen LogP contribution in [0.25, 0.3) is 21.9 Å². The molecule has 3 aromatic rings. The van der Waals surface area contributed by atoms with Gasteiger partial charge in [0, 0.05) is 18.2 Å². The summed E-state index contributed by atoms with van der Waals surface area (Å²) in [6.45, 7) is 2.68. The molecular weight excluding hydrogens is 284 g/mol. The molecule has 0 aliphatic heterocycles. The second-order valence-corrected chi connectivity index (χ2v) is 5.13. The third-order valence-corrected chi connectivity index (χ3v) is 3.48. The van der Waals surface area contributed by atoms with Gasteiger partial charge < -0.3 is 19.4 Å². The first-order valence-electron chi connectivity index (χ1n) is 7.15. The van der Waals surface area contributed by atoms with E-state index in [0.717, 1.165) is 18.9 Å². The molecule has 0 spiro atoms. The molecule has 0 atom stereocenters. The number of hydrogen-bond acceptors (Lipinski definition) is 5. The molecule has 0 aliphatic carbocycles. The fraction of sp³-hybridized carbons (Fsp3) is 0.235. The van der Waals surface area contributed by atoms with Crippen molar-refractivity contribution in [1.82, 2.24) is 0 Å². The van der Waals surface area contributed by atoms with Crippen LogP contribution in [-0.4, -0.2) is 16.8 Å². The van der Waals surface area contributed by atoms with E-state index in [1.165, 1.54) is 6.07 Å². The highest BCUT2D eigenvalue weighted by molar-refractivity contribution is 5.94. The van der Waals surface area contributed by atoms with Crippen LogP contribution in [0.2, 0.25) is 0 Å². The zero-order chi connectivity index (χ0) is 15.7. The summed E-state index contributed by atoms with van der Waals surface area (Å²) in [6.07, 6.45) is 1.98. The molecule has 5 heteroatoms. The second-order valence-electron chi connectivity index (χ2n) is 5.13. The smallest absolute Gasteiger partial charge is 0.204 e. The topological polar surface area (TPSA) is 79.9 Å². The Morgan fingerprint density at radius 2 is 1.95 bits per heavy atom. The molecule has 0 amide bonds. The molecule has 0 saturated carbocycles. The third-order valence-electron chi connectivity index (χ3n) is 3.48. The molecular formula is C17H16O5. The number of rotatable bonds is 4. The number of hydrogen-bond donors (Lipinski definition) is 2. The maximum Gasteiger partial charge on any atom is 0.204 e. The molecule has 2 N–H and O–H groups in total. The van der Waals surface area contributed by atoms with Crippen molar-refractivity contribution >= 4 is 21.9 Å². The summed E-state index contributed by atoms with van der Waals surface area (Å²) in [5, 5.41) is 19.8. The normalized spacial score (nSPS) is 11.1. The lowest BCUT2D eigenvalue weighted by molar-refractivity contribution is 0.309. The molecule has 0 radical (unpaired) electrons. The number of benzene rings is 2. The van der Waals surface area contributed by atoms with E-state index in [0.29, 0.717) is 23.3 Å². The highest BCUT2D eigenvalue weighted by Gasteiger charge is 2.13. The quantitative estimate of drug-likeness (QED) is 0.569. The summed E-state index contributed by atoms with van der Waals surface area (Å²) in [7, 11) is 0. The Morgan fingerprint density at radius 1 is 1.14 bits per heavy atom. The number of aromatic hydroxyl groups is 2. The van der Waals surface area contributed by atoms with Crippen LogP contribution in [0, 0.1) is 0 Å². The van der Waals surface area contributed by atoms with Crippen molar-refractivity contribution in [3.63, 3.8) is 0 Å². The fourth-order valence-corrected chi connectivity index (χ4v) is 2.35. The molecule has 0 unspecified atom stereocenters. The minimum absolute atomic E-state index is 0.0601. The summed E-state index contributed by atoms with van der Waals surface area (Å²) >= 11 is 0. The summed E-state index contributed by atoms with van der Waals surface area (Å²) in [6, 6.07) is 7.40. The Hall–Kier alpha value is -2.69. The van der Waals surface area contributed by atoms with Crippen LogP contribution in [0.4, 0.5) is 0 Å². The van der Waals surface area contributed by atoms with Crippen molar-refractivity contribution in [2.24, 2.45) is 0 Å². The van der Waals surface area contributed by atoms with Gasteiger partial charge in [-0.3, -0.25) is 4.79 Å². The molecule has 0 saturated heterocycles. The van der Waals surface area contributed by atoms with Gasteiger partial charge in [0.25, 0.3) is 0 Å². The van der Waals surface area contributed by atoms with Gasteiger partial charge in [0.1, 0.15) is 33.8 Å². The van der Waals surface area contributed by atoms with E-state index in [4.69, 9.17) is 9.15 Å². The number of ether oxygens (including phenoxy) is 1. The molecule has 22 heavy (non-hydrogen) atoms. The van der Waals surface area contributed by atoms with E-state index in [1.807, 2.05) is 0 Å². The van der Waals surface area contributed by atoms with E-state index in [2.05, 4.69) is 6.92 Å². The van der Waals surface area contributed by atoms with Crippen LogP contribution in [0.5, 0.6) is 17.2 Å². The monoisotopic (exact) mass is 300 g/mol. The van der Waals surface area contributed by atoms with Gasteiger partial charge in [0.15, 0.2) is 0 Å². The van der Waals surface area contributed by atoms with Crippen molar-refractivity contribution in [2.45, 2.75) is 19.8 Å². The minimum Gasteiger partial charge on any atom is -0.508 e. The predicted octanol–water partition coefficient (Wildman–Crippen LogP) is 3.54. The van der Waals surface area contributed by atoms with Crippen molar-refractivity contribution in [2.75, 3.05) is 6.61 Å². The molecule has 0 fully saturated rings. The predicted molar refractivity (Wildman–Crippen MR) is 83.7 cm³/mol. The highest BCUT2D eigenvalue weighted by atomic mass is 16.5. The molecule has 1 aromatic heterocycles. The second kappa shape index (κ2) is 5.60. The molecule has 114 valence electrons. The maximum absolute atomic E-state index is 12.4. The maximum atomic E-state index is 12.4. The minimum atomic E-state index is -0.339. The molecule has 3 rings (SSSR count). The largest absolute Gasteiger partial charge is 0.508 e. The van der Waals surface area contributed by atoms with Crippen LogP contribution in [-0.2, 0) is 0 Å². The van der Waals surface area contributed by atoms with Gasteiger partial charge in [-0.1, -0.05) is 13.3 Å². The van der Waals surface area contributed by atoms with E-state index in [1.54, 1.807) is 18.2 Å². The van der Waals surface area contributed by atoms with Crippen molar-refractivity contribution in [3.8, 4) is 17.2 Å². The van der Waals surface area contributed by atoms with Gasteiger partial charge in [-0.2, -0.15) is 0 Å². The van der Waals surface area contributed by atoms with Crippen LogP contribution in [0.15, 0.2) is 39.5 Å². The fourth-order valence-electron chi connectivity index (χ4n) is 2.35.